The summed E-state index contributed by atoms with van der Waals surface area (Å²) in [5, 5.41) is 0.723. The number of nitrogens with zero attached hydrogens (tertiary/aromatic N) is 2. The lowest BCUT2D eigenvalue weighted by Gasteiger charge is -2.33. The van der Waals surface area contributed by atoms with Crippen molar-refractivity contribution in [3.05, 3.63) is 18.2 Å². The van der Waals surface area contributed by atoms with Gasteiger partial charge in [0, 0.05) is 23.5 Å². The Balaban J connectivity index is 2.22. The van der Waals surface area contributed by atoms with E-state index in [1.807, 2.05) is 24.3 Å². The molecule has 2 N–H and O–H groups in total. The fourth-order valence-corrected chi connectivity index (χ4v) is 3.74. The summed E-state index contributed by atoms with van der Waals surface area (Å²) in [6.45, 7) is 2.13. The van der Waals surface area contributed by atoms with Gasteiger partial charge < -0.3 is 10.3 Å². The van der Waals surface area contributed by atoms with Gasteiger partial charge in [0.1, 0.15) is 0 Å². The summed E-state index contributed by atoms with van der Waals surface area (Å²) in [6.07, 6.45) is 12.4. The number of aromatic nitrogens is 2. The van der Waals surface area contributed by atoms with E-state index in [1.54, 1.807) is 0 Å². The zero-order valence-electron chi connectivity index (χ0n) is 10.8. The van der Waals surface area contributed by atoms with Crippen LogP contribution in [0.2, 0.25) is 0 Å². The predicted molar refractivity (Wildman–Crippen MR) is 74.3 cm³/mol. The van der Waals surface area contributed by atoms with Crippen LogP contribution in [0.15, 0.2) is 12.5 Å². The summed E-state index contributed by atoms with van der Waals surface area (Å²) in [5.74, 6) is 0. The number of nitrogens with two attached hydrogens (primary N) is 1. The monoisotopic (exact) mass is 253 g/mol. The minimum atomic E-state index is 0.127. The minimum Gasteiger partial charge on any atom is -0.329 e. The van der Waals surface area contributed by atoms with E-state index < -0.39 is 0 Å². The first-order valence-corrected chi connectivity index (χ1v) is 7.86. The molecule has 0 spiro atoms. The summed E-state index contributed by atoms with van der Waals surface area (Å²) < 4.78 is 2.34. The van der Waals surface area contributed by atoms with Crippen LogP contribution in [0.3, 0.4) is 0 Å². The Bertz CT molecular complexity index is 350. The fraction of sp³-hybridized carbons (Fsp3) is 0.769. The normalized spacial score (nSPS) is 27.0. The topological polar surface area (TPSA) is 43.8 Å². The first kappa shape index (κ1) is 13.0. The molecule has 3 atom stereocenters. The Hall–Kier alpha value is -0.480. The highest BCUT2D eigenvalue weighted by Crippen LogP contribution is 2.37. The largest absolute Gasteiger partial charge is 0.329 e. The Kier molecular flexibility index (Phi) is 4.51. The van der Waals surface area contributed by atoms with Crippen molar-refractivity contribution in [3.8, 4) is 0 Å². The van der Waals surface area contributed by atoms with Crippen molar-refractivity contribution in [3.63, 3.8) is 0 Å². The molecule has 1 aliphatic carbocycles. The van der Waals surface area contributed by atoms with E-state index in [4.69, 9.17) is 5.73 Å². The van der Waals surface area contributed by atoms with Crippen LogP contribution in [0.4, 0.5) is 0 Å². The van der Waals surface area contributed by atoms with Gasteiger partial charge in [0.15, 0.2) is 0 Å². The molecule has 96 valence electrons. The van der Waals surface area contributed by atoms with E-state index in [0.717, 1.165) is 11.7 Å². The third kappa shape index (κ3) is 2.68. The second kappa shape index (κ2) is 5.91. The molecule has 1 aliphatic rings. The molecule has 17 heavy (non-hydrogen) atoms. The van der Waals surface area contributed by atoms with Crippen LogP contribution in [-0.4, -0.2) is 21.1 Å². The number of rotatable bonds is 4. The molecule has 0 aromatic carbocycles. The molecule has 2 rings (SSSR count). The Morgan fingerprint density at radius 1 is 1.53 bits per heavy atom. The summed E-state index contributed by atoms with van der Waals surface area (Å²) in [6, 6.07) is 0.718. The Morgan fingerprint density at radius 3 is 3.00 bits per heavy atom. The van der Waals surface area contributed by atoms with Crippen molar-refractivity contribution in [2.24, 2.45) is 5.73 Å². The van der Waals surface area contributed by atoms with Crippen LogP contribution in [-0.2, 0) is 0 Å². The van der Waals surface area contributed by atoms with E-state index in [-0.39, 0.29) is 6.04 Å². The molecular weight excluding hydrogens is 230 g/mol. The molecule has 0 saturated heterocycles. The van der Waals surface area contributed by atoms with Crippen molar-refractivity contribution >= 4 is 11.8 Å². The molecule has 4 heteroatoms. The molecule has 0 bridgehead atoms. The van der Waals surface area contributed by atoms with Crippen LogP contribution in [0.25, 0.3) is 0 Å². The van der Waals surface area contributed by atoms with Gasteiger partial charge in [-0.1, -0.05) is 19.8 Å². The van der Waals surface area contributed by atoms with Crippen molar-refractivity contribution in [2.75, 3.05) is 6.26 Å². The average Bonchev–Trinajstić information content (AvgIpc) is 2.86. The smallest absolute Gasteiger partial charge is 0.0951 e. The van der Waals surface area contributed by atoms with Gasteiger partial charge in [0.25, 0.3) is 0 Å². The maximum Gasteiger partial charge on any atom is 0.0951 e. The number of imidazole rings is 1. The second-order valence-corrected chi connectivity index (χ2v) is 5.94. The highest BCUT2D eigenvalue weighted by molar-refractivity contribution is 7.99. The van der Waals surface area contributed by atoms with Crippen LogP contribution in [0.1, 0.15) is 56.8 Å². The second-order valence-electron chi connectivity index (χ2n) is 4.87. The third-order valence-corrected chi connectivity index (χ3v) is 5.00. The first-order chi connectivity index (χ1) is 8.27. The van der Waals surface area contributed by atoms with E-state index >= 15 is 0 Å². The summed E-state index contributed by atoms with van der Waals surface area (Å²) in [7, 11) is 0. The van der Waals surface area contributed by atoms with E-state index in [0.29, 0.717) is 6.04 Å². The molecule has 1 aromatic heterocycles. The molecular formula is C13H23N3S. The van der Waals surface area contributed by atoms with Gasteiger partial charge in [-0.15, -0.1) is 0 Å². The SMILES string of the molecule is CC[C@@H](N)c1cncn1C1CCCCC1SC. The van der Waals surface area contributed by atoms with E-state index in [2.05, 4.69) is 22.7 Å². The van der Waals surface area contributed by atoms with Crippen molar-refractivity contribution in [1.82, 2.24) is 9.55 Å². The molecule has 3 nitrogen and oxygen atoms in total. The first-order valence-electron chi connectivity index (χ1n) is 6.58. The highest BCUT2D eigenvalue weighted by Gasteiger charge is 2.27. The summed E-state index contributed by atoms with van der Waals surface area (Å²) in [5.41, 5.74) is 7.37. The number of hydrogen-bond donors (Lipinski definition) is 1. The standard InChI is InChI=1S/C13H23N3S/c1-3-10(14)12-8-15-9-16(12)11-6-4-5-7-13(11)17-2/h8-11,13H,3-7,14H2,1-2H3/t10-,11?,13?/m1/s1. The van der Waals surface area contributed by atoms with Gasteiger partial charge in [0.2, 0.25) is 0 Å². The molecule has 1 saturated carbocycles. The van der Waals surface area contributed by atoms with E-state index in [1.165, 1.54) is 31.4 Å². The fourth-order valence-electron chi connectivity index (χ4n) is 2.76. The third-order valence-electron chi connectivity index (χ3n) is 3.84. The predicted octanol–water partition coefficient (Wildman–Crippen LogP) is 3.14. The van der Waals surface area contributed by atoms with Crippen LogP contribution < -0.4 is 5.73 Å². The quantitative estimate of drug-likeness (QED) is 0.896. The molecule has 1 aromatic rings. The number of thioether (sulfide) groups is 1. The van der Waals surface area contributed by atoms with Crippen molar-refractivity contribution < 1.29 is 0 Å². The number of hydrogen-bond acceptors (Lipinski definition) is 3. The summed E-state index contributed by atoms with van der Waals surface area (Å²) in [4.78, 5) is 4.31. The zero-order chi connectivity index (χ0) is 12.3. The van der Waals surface area contributed by atoms with Gasteiger partial charge in [-0.3, -0.25) is 0 Å². The average molecular weight is 253 g/mol. The van der Waals surface area contributed by atoms with Gasteiger partial charge in [-0.05, 0) is 25.5 Å². The Labute approximate surface area is 108 Å². The maximum atomic E-state index is 6.17. The minimum absolute atomic E-state index is 0.127. The molecule has 0 aliphatic heterocycles. The van der Waals surface area contributed by atoms with Gasteiger partial charge >= 0.3 is 0 Å². The van der Waals surface area contributed by atoms with Crippen molar-refractivity contribution in [1.29, 1.82) is 0 Å². The molecule has 0 amide bonds. The molecule has 2 unspecified atom stereocenters. The maximum absolute atomic E-state index is 6.17. The zero-order valence-corrected chi connectivity index (χ0v) is 11.6. The van der Waals surface area contributed by atoms with Crippen LogP contribution in [0, 0.1) is 0 Å². The lowest BCUT2D eigenvalue weighted by Crippen LogP contribution is -2.27. The highest BCUT2D eigenvalue weighted by atomic mass is 32.2. The van der Waals surface area contributed by atoms with Crippen molar-refractivity contribution in [2.45, 2.75) is 56.4 Å². The van der Waals surface area contributed by atoms with Gasteiger partial charge in [-0.25, -0.2) is 4.98 Å². The van der Waals surface area contributed by atoms with Crippen LogP contribution >= 0.6 is 11.8 Å². The lowest BCUT2D eigenvalue weighted by molar-refractivity contribution is 0.352. The molecule has 1 fully saturated rings. The summed E-state index contributed by atoms with van der Waals surface area (Å²) >= 11 is 1.99. The lowest BCUT2D eigenvalue weighted by atomic mass is 9.94. The molecule has 0 radical (unpaired) electrons. The van der Waals surface area contributed by atoms with Gasteiger partial charge in [0.05, 0.1) is 12.0 Å². The molecule has 1 heterocycles. The van der Waals surface area contributed by atoms with E-state index in [9.17, 15) is 0 Å². The van der Waals surface area contributed by atoms with Crippen LogP contribution in [0.5, 0.6) is 0 Å². The Morgan fingerprint density at radius 2 is 2.29 bits per heavy atom. The van der Waals surface area contributed by atoms with Gasteiger partial charge in [-0.2, -0.15) is 11.8 Å².